The highest BCUT2D eigenvalue weighted by molar-refractivity contribution is 5.89. The number of nitrogens with zero attached hydrogens (tertiary/aromatic N) is 4. The van der Waals surface area contributed by atoms with Gasteiger partial charge in [-0.05, 0) is 63.4 Å². The van der Waals surface area contributed by atoms with Crippen molar-refractivity contribution in [2.24, 2.45) is 0 Å². The minimum atomic E-state index is -1.26. The topological polar surface area (TPSA) is 214 Å². The van der Waals surface area contributed by atoms with Crippen molar-refractivity contribution < 1.29 is 43.5 Å². The number of aldehydes is 1. The number of carbonyl (C=O) groups is 3. The third-order valence-corrected chi connectivity index (χ3v) is 5.99. The van der Waals surface area contributed by atoms with Crippen LogP contribution in [0, 0.1) is 36.5 Å². The summed E-state index contributed by atoms with van der Waals surface area (Å²) in [6.07, 6.45) is 1.80. The van der Waals surface area contributed by atoms with Crippen molar-refractivity contribution in [3.63, 3.8) is 0 Å². The van der Waals surface area contributed by atoms with E-state index in [1.807, 2.05) is 32.2 Å². The number of carboxylic acid groups (broad SMARTS) is 2. The molecule has 0 fully saturated rings. The molecule has 0 aliphatic rings. The first-order chi connectivity index (χ1) is 23.5. The Balaban J connectivity index is 0.000000280. The van der Waals surface area contributed by atoms with E-state index in [2.05, 4.69) is 21.4 Å². The standard InChI is InChI=1S/C16H17N3O2.C15H12N2O3.C4H4O4/c1-11-7-8-12(9-17)16(19-11)21-14-6-4-5-13(10-18-2)15(14)20-3;1-10-6-7-11(8-16)15(17-10)20-13-5-3-4-12(9-18)14(13)19-2;5-3(6)1-2-4(7)8/h4-8,18H,10H2,1-3H3;3-7,9H,1-2H3;1-2H,(H,5,6)(H,7,8). The SMILES string of the molecule is CNCc1cccc(Oc2nc(C)ccc2C#N)c1OC.COc1c(C=O)cccc1Oc1nc(C)ccc1C#N.O=C(O)C=CC(=O)O. The zero-order valence-corrected chi connectivity index (χ0v) is 27.3. The van der Waals surface area contributed by atoms with Crippen LogP contribution in [-0.4, -0.2) is 59.7 Å². The van der Waals surface area contributed by atoms with Gasteiger partial charge >= 0.3 is 11.9 Å². The van der Waals surface area contributed by atoms with Gasteiger partial charge in [-0.25, -0.2) is 19.6 Å². The van der Waals surface area contributed by atoms with Gasteiger partial charge in [-0.2, -0.15) is 10.5 Å². The average molecular weight is 668 g/mol. The molecule has 49 heavy (non-hydrogen) atoms. The number of aromatic nitrogens is 2. The minimum absolute atomic E-state index is 0.189. The number of rotatable bonds is 11. The minimum Gasteiger partial charge on any atom is -0.492 e. The maximum Gasteiger partial charge on any atom is 0.328 e. The molecule has 0 saturated heterocycles. The predicted octanol–water partition coefficient (Wildman–Crippen LogP) is 5.37. The number of carboxylic acids is 2. The summed E-state index contributed by atoms with van der Waals surface area (Å²) >= 11 is 0. The van der Waals surface area contributed by atoms with Crippen molar-refractivity contribution in [3.8, 4) is 46.9 Å². The molecule has 14 heteroatoms. The van der Waals surface area contributed by atoms with Gasteiger partial charge in [-0.3, -0.25) is 4.79 Å². The summed E-state index contributed by atoms with van der Waals surface area (Å²) in [7, 11) is 4.91. The first kappa shape index (κ1) is 38.4. The van der Waals surface area contributed by atoms with Crippen LogP contribution < -0.4 is 24.3 Å². The number of methoxy groups -OCH3 is 2. The van der Waals surface area contributed by atoms with Crippen molar-refractivity contribution in [2.45, 2.75) is 20.4 Å². The first-order valence-electron chi connectivity index (χ1n) is 14.2. The summed E-state index contributed by atoms with van der Waals surface area (Å²) in [5.74, 6) is -0.202. The van der Waals surface area contributed by atoms with Crippen LogP contribution in [0.2, 0.25) is 0 Å². The van der Waals surface area contributed by atoms with Gasteiger partial charge in [-0.15, -0.1) is 0 Å². The second kappa shape index (κ2) is 19.7. The normalized spacial score (nSPS) is 9.78. The summed E-state index contributed by atoms with van der Waals surface area (Å²) in [4.78, 5) is 38.5. The lowest BCUT2D eigenvalue weighted by Gasteiger charge is -2.14. The molecule has 3 N–H and O–H groups in total. The summed E-state index contributed by atoms with van der Waals surface area (Å²) in [6.45, 7) is 4.31. The molecule has 14 nitrogen and oxygen atoms in total. The first-order valence-corrected chi connectivity index (χ1v) is 14.2. The predicted molar refractivity (Wildman–Crippen MR) is 176 cm³/mol. The van der Waals surface area contributed by atoms with Gasteiger partial charge in [0.05, 0.1) is 19.8 Å². The summed E-state index contributed by atoms with van der Waals surface area (Å²) in [5, 5.41) is 36.9. The number of ether oxygens (including phenoxy) is 4. The average Bonchev–Trinajstić information content (AvgIpc) is 3.08. The Morgan fingerprint density at radius 1 is 0.776 bits per heavy atom. The van der Waals surface area contributed by atoms with E-state index in [-0.39, 0.29) is 11.8 Å². The number of benzene rings is 2. The maximum atomic E-state index is 11.0. The van der Waals surface area contributed by atoms with E-state index in [0.29, 0.717) is 64.7 Å². The third-order valence-electron chi connectivity index (χ3n) is 5.99. The summed E-state index contributed by atoms with van der Waals surface area (Å²) in [6, 6.07) is 21.5. The molecular weight excluding hydrogens is 634 g/mol. The van der Waals surface area contributed by atoms with E-state index in [1.54, 1.807) is 62.6 Å². The zero-order valence-electron chi connectivity index (χ0n) is 27.3. The van der Waals surface area contributed by atoms with E-state index in [1.165, 1.54) is 7.11 Å². The maximum absolute atomic E-state index is 11.0. The Labute approximate surface area is 282 Å². The molecule has 0 spiro atoms. The van der Waals surface area contributed by atoms with E-state index >= 15 is 0 Å². The lowest BCUT2D eigenvalue weighted by molar-refractivity contribution is -0.134. The van der Waals surface area contributed by atoms with Gasteiger partial charge in [0.25, 0.3) is 0 Å². The van der Waals surface area contributed by atoms with Gasteiger partial charge in [0, 0.05) is 35.6 Å². The van der Waals surface area contributed by atoms with E-state index < -0.39 is 11.9 Å². The number of nitrogens with one attached hydrogen (secondary N) is 1. The molecule has 0 saturated carbocycles. The number of pyridine rings is 2. The van der Waals surface area contributed by atoms with Crippen molar-refractivity contribution in [2.75, 3.05) is 21.3 Å². The number of aryl methyl sites for hydroxylation is 2. The van der Waals surface area contributed by atoms with Crippen LogP contribution in [0.15, 0.2) is 72.8 Å². The highest BCUT2D eigenvalue weighted by Gasteiger charge is 2.15. The fraction of sp³-hybridized carbons (Fsp3) is 0.171. The fourth-order valence-corrected chi connectivity index (χ4v) is 3.87. The highest BCUT2D eigenvalue weighted by Crippen LogP contribution is 2.36. The van der Waals surface area contributed by atoms with Crippen molar-refractivity contribution in [3.05, 3.63) is 106 Å². The number of hydrogen-bond donors (Lipinski definition) is 3. The number of nitriles is 2. The van der Waals surface area contributed by atoms with Crippen LogP contribution in [-0.2, 0) is 16.1 Å². The number of para-hydroxylation sites is 2. The second-order valence-corrected chi connectivity index (χ2v) is 9.52. The van der Waals surface area contributed by atoms with E-state index in [0.717, 1.165) is 17.0 Å². The molecule has 4 aromatic rings. The Morgan fingerprint density at radius 2 is 1.24 bits per heavy atom. The monoisotopic (exact) mass is 667 g/mol. The largest absolute Gasteiger partial charge is 0.492 e. The Hall–Kier alpha value is -6.77. The van der Waals surface area contributed by atoms with Crippen LogP contribution >= 0.6 is 0 Å². The Bertz CT molecular complexity index is 1880. The van der Waals surface area contributed by atoms with Crippen molar-refractivity contribution in [1.29, 1.82) is 10.5 Å². The molecule has 0 atom stereocenters. The lowest BCUT2D eigenvalue weighted by Crippen LogP contribution is -2.07. The molecule has 0 aliphatic carbocycles. The second-order valence-electron chi connectivity index (χ2n) is 9.52. The lowest BCUT2D eigenvalue weighted by atomic mass is 10.2. The molecule has 252 valence electrons. The highest BCUT2D eigenvalue weighted by atomic mass is 16.5. The fourth-order valence-electron chi connectivity index (χ4n) is 3.87. The summed E-state index contributed by atoms with van der Waals surface area (Å²) < 4.78 is 22.0. The van der Waals surface area contributed by atoms with Crippen LogP contribution in [0.3, 0.4) is 0 Å². The molecule has 2 aromatic carbocycles. The van der Waals surface area contributed by atoms with E-state index in [4.69, 9.17) is 39.7 Å². The van der Waals surface area contributed by atoms with Gasteiger partial charge < -0.3 is 34.5 Å². The van der Waals surface area contributed by atoms with Gasteiger partial charge in [0.1, 0.15) is 23.3 Å². The smallest absolute Gasteiger partial charge is 0.328 e. The quantitative estimate of drug-likeness (QED) is 0.135. The molecule has 0 unspecified atom stereocenters. The van der Waals surface area contributed by atoms with Gasteiger partial charge in [0.15, 0.2) is 29.3 Å². The van der Waals surface area contributed by atoms with Crippen LogP contribution in [0.4, 0.5) is 0 Å². The van der Waals surface area contributed by atoms with Gasteiger partial charge in [0.2, 0.25) is 11.8 Å². The molecule has 2 aromatic heterocycles. The van der Waals surface area contributed by atoms with Crippen molar-refractivity contribution in [1.82, 2.24) is 15.3 Å². The molecule has 0 bridgehead atoms. The summed E-state index contributed by atoms with van der Waals surface area (Å²) in [5.41, 5.74) is 3.56. The third kappa shape index (κ3) is 11.8. The molecular formula is C35H33N5O9. The molecule has 4 rings (SSSR count). The van der Waals surface area contributed by atoms with Crippen molar-refractivity contribution >= 4 is 18.2 Å². The molecule has 2 heterocycles. The molecule has 0 radical (unpaired) electrons. The van der Waals surface area contributed by atoms with Crippen LogP contribution in [0.1, 0.15) is 38.4 Å². The van der Waals surface area contributed by atoms with Gasteiger partial charge in [-0.1, -0.05) is 18.2 Å². The van der Waals surface area contributed by atoms with Crippen LogP contribution in [0.25, 0.3) is 0 Å². The van der Waals surface area contributed by atoms with Crippen LogP contribution in [0.5, 0.6) is 34.8 Å². The zero-order chi connectivity index (χ0) is 36.3. The Kier molecular flexibility index (Phi) is 15.4. The number of carbonyl (C=O) groups excluding carboxylic acids is 1. The number of aliphatic carboxylic acids is 2. The Morgan fingerprint density at radius 3 is 1.65 bits per heavy atom. The molecule has 0 aliphatic heterocycles. The number of hydrogen-bond acceptors (Lipinski definition) is 12. The molecule has 0 amide bonds. The van der Waals surface area contributed by atoms with E-state index in [9.17, 15) is 14.4 Å².